The fraction of sp³-hybridized carbons (Fsp3) is 0.968. The molecule has 0 aliphatic rings. The largest absolute Gasteiger partial charge is 0.330 e. The van der Waals surface area contributed by atoms with Gasteiger partial charge in [0.25, 0.3) is 0 Å². The van der Waals surface area contributed by atoms with Crippen LogP contribution in [0.1, 0.15) is 186 Å². The molecule has 0 rings (SSSR count). The molecule has 0 atom stereocenters. The lowest BCUT2D eigenvalue weighted by molar-refractivity contribution is -0.129. The average molecular weight is 497 g/mol. The summed E-state index contributed by atoms with van der Waals surface area (Å²) in [4.78, 5) is 10.9. The van der Waals surface area contributed by atoms with E-state index in [0.29, 0.717) is 6.42 Å². The second-order valence-corrected chi connectivity index (χ2v) is 11.0. The predicted octanol–water partition coefficient (Wildman–Crippen LogP) is 9.76. The van der Waals surface area contributed by atoms with Gasteiger partial charge in [0, 0.05) is 6.42 Å². The molecule has 210 valence electrons. The van der Waals surface area contributed by atoms with Gasteiger partial charge in [-0.15, -0.1) is 0 Å². The molecule has 0 aromatic rings. The van der Waals surface area contributed by atoms with Crippen molar-refractivity contribution in [3.8, 4) is 0 Å². The minimum absolute atomic E-state index is 0.257. The molecule has 35 heavy (non-hydrogen) atoms. The molecule has 0 heterocycles. The Kier molecular flexibility index (Phi) is 30.9. The van der Waals surface area contributed by atoms with E-state index in [1.807, 2.05) is 0 Å². The van der Waals surface area contributed by atoms with Crippen molar-refractivity contribution in [2.75, 3.05) is 6.54 Å². The first-order valence-corrected chi connectivity index (χ1v) is 15.9. The van der Waals surface area contributed by atoms with Crippen molar-refractivity contribution in [2.24, 2.45) is 5.73 Å². The molecule has 0 unspecified atom stereocenters. The van der Waals surface area contributed by atoms with Gasteiger partial charge in [0.2, 0.25) is 5.91 Å². The zero-order valence-corrected chi connectivity index (χ0v) is 23.6. The van der Waals surface area contributed by atoms with Crippen LogP contribution < -0.4 is 11.2 Å². The van der Waals surface area contributed by atoms with E-state index >= 15 is 0 Å². The van der Waals surface area contributed by atoms with Gasteiger partial charge in [0.15, 0.2) is 0 Å². The summed E-state index contributed by atoms with van der Waals surface area (Å²) < 4.78 is 0. The summed E-state index contributed by atoms with van der Waals surface area (Å²) in [6, 6.07) is 0. The van der Waals surface area contributed by atoms with E-state index in [0.717, 1.165) is 19.4 Å². The molecule has 4 N–H and O–H groups in total. The number of rotatable bonds is 30. The summed E-state index contributed by atoms with van der Waals surface area (Å²) in [5.74, 6) is -0.257. The van der Waals surface area contributed by atoms with Crippen LogP contribution in [0.5, 0.6) is 0 Å². The number of nitrogens with two attached hydrogens (primary N) is 1. The lowest BCUT2D eigenvalue weighted by Crippen LogP contribution is -2.17. The molecule has 1 amide bonds. The van der Waals surface area contributed by atoms with Crippen molar-refractivity contribution in [3.63, 3.8) is 0 Å². The highest BCUT2D eigenvalue weighted by Gasteiger charge is 1.99. The Morgan fingerprint density at radius 2 is 0.600 bits per heavy atom. The molecule has 0 spiro atoms. The summed E-state index contributed by atoms with van der Waals surface area (Å²) in [5.41, 5.74) is 7.23. The predicted molar refractivity (Wildman–Crippen MR) is 153 cm³/mol. The second-order valence-electron chi connectivity index (χ2n) is 11.0. The molecule has 4 nitrogen and oxygen atoms in total. The van der Waals surface area contributed by atoms with E-state index in [9.17, 15) is 4.79 Å². The summed E-state index contributed by atoms with van der Waals surface area (Å²) >= 11 is 0. The summed E-state index contributed by atoms with van der Waals surface area (Å²) in [6.07, 6.45) is 39.0. The van der Waals surface area contributed by atoms with Gasteiger partial charge in [0.05, 0.1) is 0 Å². The van der Waals surface area contributed by atoms with Gasteiger partial charge in [0.1, 0.15) is 0 Å². The maximum atomic E-state index is 10.9. The van der Waals surface area contributed by atoms with Crippen molar-refractivity contribution in [2.45, 2.75) is 186 Å². The second kappa shape index (κ2) is 31.4. The smallest absolute Gasteiger partial charge is 0.243 e. The maximum Gasteiger partial charge on any atom is 0.243 e. The van der Waals surface area contributed by atoms with Gasteiger partial charge >= 0.3 is 0 Å². The van der Waals surface area contributed by atoms with Crippen molar-refractivity contribution in [3.05, 3.63) is 0 Å². The van der Waals surface area contributed by atoms with Crippen LogP contribution >= 0.6 is 0 Å². The van der Waals surface area contributed by atoms with Crippen LogP contribution in [0.4, 0.5) is 0 Å². The Morgan fingerprint density at radius 3 is 0.800 bits per heavy atom. The fourth-order valence-corrected chi connectivity index (χ4v) is 5.08. The standard InChI is InChI=1S/C31H64N2O2/c32-30-28-26-24-22-20-18-16-14-12-10-8-6-4-2-1-3-5-7-9-11-13-15-17-19-21-23-25-27-29-31(34)33-35/h35H,1-30,32H2,(H,33,34). The molecule has 0 aromatic heterocycles. The molecule has 0 saturated heterocycles. The molecule has 0 aromatic carbocycles. The maximum absolute atomic E-state index is 10.9. The van der Waals surface area contributed by atoms with E-state index in [1.54, 1.807) is 5.48 Å². The van der Waals surface area contributed by atoms with Gasteiger partial charge in [-0.05, 0) is 19.4 Å². The minimum atomic E-state index is -0.257. The van der Waals surface area contributed by atoms with Gasteiger partial charge < -0.3 is 5.73 Å². The lowest BCUT2D eigenvalue weighted by atomic mass is 10.0. The van der Waals surface area contributed by atoms with E-state index in [-0.39, 0.29) is 5.91 Å². The molecule has 0 bridgehead atoms. The van der Waals surface area contributed by atoms with Gasteiger partial charge in [-0.25, -0.2) is 5.48 Å². The van der Waals surface area contributed by atoms with Crippen LogP contribution in [0.15, 0.2) is 0 Å². The average Bonchev–Trinajstić information content (AvgIpc) is 2.87. The molecule has 0 fully saturated rings. The highest BCUT2D eigenvalue weighted by Crippen LogP contribution is 2.16. The first-order valence-electron chi connectivity index (χ1n) is 15.9. The molecule has 0 saturated carbocycles. The Hall–Kier alpha value is -0.610. The molecule has 0 radical (unpaired) electrons. The molecule has 0 aliphatic carbocycles. The van der Waals surface area contributed by atoms with Crippen molar-refractivity contribution in [1.29, 1.82) is 0 Å². The first kappa shape index (κ1) is 34.4. The van der Waals surface area contributed by atoms with E-state index in [2.05, 4.69) is 0 Å². The number of carbonyl (C=O) groups excluding carboxylic acids is 1. The molecule has 0 aliphatic heterocycles. The number of nitrogens with one attached hydrogen (secondary N) is 1. The van der Waals surface area contributed by atoms with Crippen LogP contribution in [0.2, 0.25) is 0 Å². The monoisotopic (exact) mass is 496 g/mol. The molecule has 4 heteroatoms. The number of hydroxylamine groups is 1. The Balaban J connectivity index is 3.02. The molecular weight excluding hydrogens is 432 g/mol. The topological polar surface area (TPSA) is 75.4 Å². The van der Waals surface area contributed by atoms with Crippen LogP contribution in [-0.2, 0) is 4.79 Å². The van der Waals surface area contributed by atoms with Crippen LogP contribution in [-0.4, -0.2) is 17.7 Å². The number of hydrogen-bond acceptors (Lipinski definition) is 3. The van der Waals surface area contributed by atoms with Crippen molar-refractivity contribution < 1.29 is 10.0 Å². The Morgan fingerprint density at radius 1 is 0.400 bits per heavy atom. The zero-order chi connectivity index (χ0) is 25.5. The van der Waals surface area contributed by atoms with Crippen LogP contribution in [0.25, 0.3) is 0 Å². The highest BCUT2D eigenvalue weighted by molar-refractivity contribution is 5.74. The van der Waals surface area contributed by atoms with Gasteiger partial charge in [-0.1, -0.05) is 167 Å². The van der Waals surface area contributed by atoms with E-state index < -0.39 is 0 Å². The molecular formula is C31H64N2O2. The number of amides is 1. The van der Waals surface area contributed by atoms with Gasteiger partial charge in [-0.3, -0.25) is 10.0 Å². The first-order chi connectivity index (χ1) is 17.3. The third-order valence-electron chi connectivity index (χ3n) is 7.48. The summed E-state index contributed by atoms with van der Waals surface area (Å²) in [6.45, 7) is 0.864. The van der Waals surface area contributed by atoms with Gasteiger partial charge in [-0.2, -0.15) is 0 Å². The number of carbonyl (C=O) groups is 1. The third-order valence-corrected chi connectivity index (χ3v) is 7.48. The van der Waals surface area contributed by atoms with Crippen molar-refractivity contribution in [1.82, 2.24) is 5.48 Å². The Labute approximate surface area is 219 Å². The number of unbranched alkanes of at least 4 members (excludes halogenated alkanes) is 27. The minimum Gasteiger partial charge on any atom is -0.330 e. The number of hydrogen-bond donors (Lipinski definition) is 3. The summed E-state index contributed by atoms with van der Waals surface area (Å²) in [7, 11) is 0. The quantitative estimate of drug-likeness (QED) is 0.0526. The highest BCUT2D eigenvalue weighted by atomic mass is 16.5. The zero-order valence-electron chi connectivity index (χ0n) is 23.6. The van der Waals surface area contributed by atoms with E-state index in [1.165, 1.54) is 167 Å². The van der Waals surface area contributed by atoms with Crippen molar-refractivity contribution >= 4 is 5.91 Å². The van der Waals surface area contributed by atoms with Crippen LogP contribution in [0, 0.1) is 0 Å². The van der Waals surface area contributed by atoms with Crippen LogP contribution in [0.3, 0.4) is 0 Å². The fourth-order valence-electron chi connectivity index (χ4n) is 5.08. The summed E-state index contributed by atoms with van der Waals surface area (Å²) in [5, 5.41) is 8.44. The third kappa shape index (κ3) is 31.4. The Bertz CT molecular complexity index is 403. The normalized spacial score (nSPS) is 11.3. The lowest BCUT2D eigenvalue weighted by Gasteiger charge is -2.04. The SMILES string of the molecule is NCCCCCCCCCCCCCCCCCCCCCCCCCCCCCCC(=O)NO. The van der Waals surface area contributed by atoms with E-state index in [4.69, 9.17) is 10.9 Å².